The zero-order valence-corrected chi connectivity index (χ0v) is 12.9. The summed E-state index contributed by atoms with van der Waals surface area (Å²) >= 11 is 9.52. The lowest BCUT2D eigenvalue weighted by Gasteiger charge is -2.15. The van der Waals surface area contributed by atoms with Gasteiger partial charge >= 0.3 is 0 Å². The van der Waals surface area contributed by atoms with E-state index in [9.17, 15) is 0 Å². The lowest BCUT2D eigenvalue weighted by Crippen LogP contribution is -2.14. The average molecular weight is 341 g/mol. The summed E-state index contributed by atoms with van der Waals surface area (Å²) in [7, 11) is 1.66. The summed E-state index contributed by atoms with van der Waals surface area (Å²) in [5.41, 5.74) is 8.41. The van der Waals surface area contributed by atoms with Crippen LogP contribution in [0.2, 0.25) is 5.02 Å². The van der Waals surface area contributed by atoms with Crippen molar-refractivity contribution in [2.75, 3.05) is 7.11 Å². The van der Waals surface area contributed by atoms with Crippen molar-refractivity contribution in [3.05, 3.63) is 63.1 Å². The van der Waals surface area contributed by atoms with Gasteiger partial charge in [0.1, 0.15) is 5.75 Å². The lowest BCUT2D eigenvalue weighted by molar-refractivity contribution is 0.414. The zero-order valence-electron chi connectivity index (χ0n) is 10.6. The van der Waals surface area contributed by atoms with Gasteiger partial charge in [0.2, 0.25) is 0 Å². The van der Waals surface area contributed by atoms with E-state index < -0.39 is 0 Å². The molecule has 0 spiro atoms. The van der Waals surface area contributed by atoms with Crippen molar-refractivity contribution in [3.63, 3.8) is 0 Å². The molecular formula is C15H15BrClNO. The number of hydrogen-bond acceptors (Lipinski definition) is 2. The van der Waals surface area contributed by atoms with E-state index in [0.717, 1.165) is 27.8 Å². The Morgan fingerprint density at radius 1 is 1.26 bits per heavy atom. The molecule has 0 aliphatic heterocycles. The van der Waals surface area contributed by atoms with E-state index in [1.54, 1.807) is 7.11 Å². The second-order valence-corrected chi connectivity index (χ2v) is 5.62. The summed E-state index contributed by atoms with van der Waals surface area (Å²) in [6.45, 7) is 0. The van der Waals surface area contributed by atoms with E-state index in [2.05, 4.69) is 15.9 Å². The largest absolute Gasteiger partial charge is 0.497 e. The second kappa shape index (κ2) is 6.42. The molecule has 2 rings (SSSR count). The standard InChI is InChI=1S/C15H15BrClNO/c1-19-12-4-2-3-10(7-12)8-15(18)13-9-11(17)5-6-14(13)16/h2-7,9,15H,8,18H2,1H3. The van der Waals surface area contributed by atoms with Gasteiger partial charge in [0.05, 0.1) is 7.11 Å². The molecule has 2 aromatic carbocycles. The third kappa shape index (κ3) is 3.72. The highest BCUT2D eigenvalue weighted by atomic mass is 79.9. The van der Waals surface area contributed by atoms with Crippen LogP contribution in [-0.4, -0.2) is 7.11 Å². The van der Waals surface area contributed by atoms with Crippen molar-refractivity contribution >= 4 is 27.5 Å². The Balaban J connectivity index is 2.20. The Hall–Kier alpha value is -1.03. The van der Waals surface area contributed by atoms with E-state index in [1.807, 2.05) is 42.5 Å². The summed E-state index contributed by atoms with van der Waals surface area (Å²) in [6, 6.07) is 13.5. The molecule has 0 bridgehead atoms. The first kappa shape index (κ1) is 14.4. The third-order valence-electron chi connectivity index (χ3n) is 2.95. The molecule has 19 heavy (non-hydrogen) atoms. The maximum absolute atomic E-state index is 6.26. The number of nitrogens with two attached hydrogens (primary N) is 1. The molecule has 0 aromatic heterocycles. The Labute approximate surface area is 126 Å². The quantitative estimate of drug-likeness (QED) is 0.898. The Bertz CT molecular complexity index is 574. The maximum atomic E-state index is 6.26. The molecule has 0 heterocycles. The van der Waals surface area contributed by atoms with Gasteiger partial charge in [-0.25, -0.2) is 0 Å². The van der Waals surface area contributed by atoms with Gasteiger partial charge in [-0.05, 0) is 47.9 Å². The van der Waals surface area contributed by atoms with E-state index in [-0.39, 0.29) is 6.04 Å². The fourth-order valence-corrected chi connectivity index (χ4v) is 2.68. The highest BCUT2D eigenvalue weighted by Gasteiger charge is 2.11. The van der Waals surface area contributed by atoms with Crippen molar-refractivity contribution in [3.8, 4) is 5.75 Å². The lowest BCUT2D eigenvalue weighted by atomic mass is 9.99. The molecule has 2 nitrogen and oxygen atoms in total. The summed E-state index contributed by atoms with van der Waals surface area (Å²) in [6.07, 6.45) is 0.732. The van der Waals surface area contributed by atoms with Gasteiger partial charge in [-0.1, -0.05) is 39.7 Å². The van der Waals surface area contributed by atoms with Crippen LogP contribution in [0, 0.1) is 0 Å². The van der Waals surface area contributed by atoms with Crippen molar-refractivity contribution in [2.24, 2.45) is 5.73 Å². The molecule has 2 aromatic rings. The summed E-state index contributed by atoms with van der Waals surface area (Å²) in [5.74, 6) is 0.842. The highest BCUT2D eigenvalue weighted by molar-refractivity contribution is 9.10. The third-order valence-corrected chi connectivity index (χ3v) is 3.90. The summed E-state index contributed by atoms with van der Waals surface area (Å²) in [5, 5.41) is 0.694. The monoisotopic (exact) mass is 339 g/mol. The molecule has 0 aliphatic carbocycles. The van der Waals surface area contributed by atoms with Crippen molar-refractivity contribution in [1.82, 2.24) is 0 Å². The van der Waals surface area contributed by atoms with Gasteiger partial charge in [-0.2, -0.15) is 0 Å². The predicted octanol–water partition coefficient (Wildman–Crippen LogP) is 4.35. The average Bonchev–Trinajstić information content (AvgIpc) is 2.41. The van der Waals surface area contributed by atoms with Crippen LogP contribution in [-0.2, 0) is 6.42 Å². The number of benzene rings is 2. The van der Waals surface area contributed by atoms with Crippen molar-refractivity contribution in [2.45, 2.75) is 12.5 Å². The molecule has 0 amide bonds. The molecular weight excluding hydrogens is 326 g/mol. The topological polar surface area (TPSA) is 35.2 Å². The second-order valence-electron chi connectivity index (χ2n) is 4.33. The van der Waals surface area contributed by atoms with Gasteiger partial charge in [-0.3, -0.25) is 0 Å². The first-order valence-corrected chi connectivity index (χ1v) is 7.10. The molecule has 0 radical (unpaired) electrons. The van der Waals surface area contributed by atoms with Gasteiger partial charge in [0.25, 0.3) is 0 Å². The highest BCUT2D eigenvalue weighted by Crippen LogP contribution is 2.28. The minimum atomic E-state index is -0.111. The molecule has 0 saturated carbocycles. The molecule has 4 heteroatoms. The number of ether oxygens (including phenoxy) is 1. The van der Waals surface area contributed by atoms with Crippen LogP contribution < -0.4 is 10.5 Å². The Morgan fingerprint density at radius 2 is 2.05 bits per heavy atom. The number of methoxy groups -OCH3 is 1. The van der Waals surface area contributed by atoms with E-state index >= 15 is 0 Å². The molecule has 0 saturated heterocycles. The molecule has 1 atom stereocenters. The normalized spacial score (nSPS) is 12.2. The fraction of sp³-hybridized carbons (Fsp3) is 0.200. The van der Waals surface area contributed by atoms with Gasteiger partial charge < -0.3 is 10.5 Å². The van der Waals surface area contributed by atoms with Gasteiger partial charge in [-0.15, -0.1) is 0 Å². The number of rotatable bonds is 4. The maximum Gasteiger partial charge on any atom is 0.119 e. The minimum Gasteiger partial charge on any atom is -0.497 e. The van der Waals surface area contributed by atoms with E-state index in [0.29, 0.717) is 5.02 Å². The first-order chi connectivity index (χ1) is 9.10. The van der Waals surface area contributed by atoms with E-state index in [4.69, 9.17) is 22.1 Å². The predicted molar refractivity (Wildman–Crippen MR) is 82.8 cm³/mol. The SMILES string of the molecule is COc1cccc(CC(N)c2cc(Cl)ccc2Br)c1. The van der Waals surface area contributed by atoms with Gasteiger partial charge in [0.15, 0.2) is 0 Å². The molecule has 2 N–H and O–H groups in total. The van der Waals surface area contributed by atoms with Gasteiger partial charge in [0, 0.05) is 15.5 Å². The number of halogens is 2. The van der Waals surface area contributed by atoms with Crippen LogP contribution >= 0.6 is 27.5 Å². The molecule has 100 valence electrons. The van der Waals surface area contributed by atoms with Crippen LogP contribution in [0.4, 0.5) is 0 Å². The van der Waals surface area contributed by atoms with Crippen molar-refractivity contribution in [1.29, 1.82) is 0 Å². The fourth-order valence-electron chi connectivity index (χ4n) is 1.96. The smallest absolute Gasteiger partial charge is 0.119 e. The van der Waals surface area contributed by atoms with Crippen molar-refractivity contribution < 1.29 is 4.74 Å². The summed E-state index contributed by atoms with van der Waals surface area (Å²) < 4.78 is 6.19. The Kier molecular flexibility index (Phi) is 4.86. The first-order valence-electron chi connectivity index (χ1n) is 5.93. The zero-order chi connectivity index (χ0) is 13.8. The number of hydrogen-bond donors (Lipinski definition) is 1. The van der Waals surface area contributed by atoms with E-state index in [1.165, 1.54) is 0 Å². The molecule has 1 unspecified atom stereocenters. The van der Waals surface area contributed by atoms with Crippen LogP contribution in [0.3, 0.4) is 0 Å². The molecule has 0 aliphatic rings. The van der Waals surface area contributed by atoms with Crippen LogP contribution in [0.25, 0.3) is 0 Å². The van der Waals surface area contributed by atoms with Crippen LogP contribution in [0.1, 0.15) is 17.2 Å². The van der Waals surface area contributed by atoms with Crippen LogP contribution in [0.5, 0.6) is 5.75 Å². The Morgan fingerprint density at radius 3 is 2.79 bits per heavy atom. The summed E-state index contributed by atoms with van der Waals surface area (Å²) in [4.78, 5) is 0. The van der Waals surface area contributed by atoms with Crippen LogP contribution in [0.15, 0.2) is 46.9 Å². The minimum absolute atomic E-state index is 0.111. The molecule has 0 fully saturated rings.